The summed E-state index contributed by atoms with van der Waals surface area (Å²) in [5, 5.41) is 5.97. The van der Waals surface area contributed by atoms with Gasteiger partial charge in [0.15, 0.2) is 9.84 Å². The van der Waals surface area contributed by atoms with Crippen LogP contribution >= 0.6 is 0 Å². The van der Waals surface area contributed by atoms with Crippen molar-refractivity contribution in [3.8, 4) is 5.75 Å². The van der Waals surface area contributed by atoms with Crippen molar-refractivity contribution >= 4 is 21.4 Å². The summed E-state index contributed by atoms with van der Waals surface area (Å²) in [6.45, 7) is 0.958. The molecule has 1 aliphatic rings. The SMILES string of the molecule is O=C(CCNC1CCS(=O)(=O)C1)Nc1ccc(OCc2ccccc2)cc1. The number of hydrogen-bond donors (Lipinski definition) is 2. The molecule has 1 aliphatic heterocycles. The van der Waals surface area contributed by atoms with Gasteiger partial charge in [0.2, 0.25) is 5.91 Å². The first-order valence-electron chi connectivity index (χ1n) is 9.01. The Kier molecular flexibility index (Phi) is 6.47. The van der Waals surface area contributed by atoms with Crippen molar-refractivity contribution in [2.45, 2.75) is 25.5 Å². The molecule has 0 aromatic heterocycles. The van der Waals surface area contributed by atoms with Gasteiger partial charge in [0.1, 0.15) is 12.4 Å². The second-order valence-electron chi connectivity index (χ2n) is 6.65. The molecule has 2 aromatic rings. The normalized spacial score (nSPS) is 18.1. The zero-order chi connectivity index (χ0) is 19.1. The molecule has 2 aromatic carbocycles. The van der Waals surface area contributed by atoms with Gasteiger partial charge in [-0.15, -0.1) is 0 Å². The first kappa shape index (κ1) is 19.4. The Morgan fingerprint density at radius 2 is 1.81 bits per heavy atom. The quantitative estimate of drug-likeness (QED) is 0.725. The van der Waals surface area contributed by atoms with E-state index in [0.717, 1.165) is 11.3 Å². The molecule has 1 atom stereocenters. The number of rotatable bonds is 8. The van der Waals surface area contributed by atoms with E-state index >= 15 is 0 Å². The van der Waals surface area contributed by atoms with Gasteiger partial charge in [0, 0.05) is 24.7 Å². The molecule has 7 heteroatoms. The highest BCUT2D eigenvalue weighted by Crippen LogP contribution is 2.17. The van der Waals surface area contributed by atoms with E-state index in [1.54, 1.807) is 12.1 Å². The summed E-state index contributed by atoms with van der Waals surface area (Å²) in [5.74, 6) is 1.02. The Balaban J connectivity index is 1.38. The summed E-state index contributed by atoms with van der Waals surface area (Å²) in [6, 6.07) is 17.1. The van der Waals surface area contributed by atoms with Crippen molar-refractivity contribution in [2.24, 2.45) is 0 Å². The van der Waals surface area contributed by atoms with Crippen LogP contribution in [0.1, 0.15) is 18.4 Å². The molecule has 1 heterocycles. The fourth-order valence-electron chi connectivity index (χ4n) is 2.94. The topological polar surface area (TPSA) is 84.5 Å². The van der Waals surface area contributed by atoms with Crippen LogP contribution in [0.2, 0.25) is 0 Å². The molecule has 1 amide bonds. The molecule has 1 unspecified atom stereocenters. The highest BCUT2D eigenvalue weighted by atomic mass is 32.2. The molecule has 2 N–H and O–H groups in total. The minimum atomic E-state index is -2.90. The van der Waals surface area contributed by atoms with Crippen LogP contribution < -0.4 is 15.4 Å². The van der Waals surface area contributed by atoms with Crippen LogP contribution in [0.15, 0.2) is 54.6 Å². The summed E-state index contributed by atoms with van der Waals surface area (Å²) in [4.78, 5) is 12.0. The van der Waals surface area contributed by atoms with Gasteiger partial charge in [0.05, 0.1) is 11.5 Å². The molecule has 1 saturated heterocycles. The Hall–Kier alpha value is -2.38. The molecule has 0 aliphatic carbocycles. The third kappa shape index (κ3) is 6.37. The second kappa shape index (κ2) is 9.01. The summed E-state index contributed by atoms with van der Waals surface area (Å²) in [5.41, 5.74) is 1.80. The first-order chi connectivity index (χ1) is 13.0. The molecule has 0 spiro atoms. The van der Waals surface area contributed by atoms with Crippen LogP contribution in [0.25, 0.3) is 0 Å². The zero-order valence-corrected chi connectivity index (χ0v) is 15.9. The lowest BCUT2D eigenvalue weighted by molar-refractivity contribution is -0.116. The van der Waals surface area contributed by atoms with E-state index in [1.165, 1.54) is 0 Å². The lowest BCUT2D eigenvalue weighted by Gasteiger charge is -2.11. The Morgan fingerprint density at radius 3 is 2.48 bits per heavy atom. The standard InChI is InChI=1S/C20H24N2O4S/c23-20(10-12-21-18-11-13-27(24,25)15-18)22-17-6-8-19(9-7-17)26-14-16-4-2-1-3-5-16/h1-9,18,21H,10-15H2,(H,22,23). The van der Waals surface area contributed by atoms with E-state index in [4.69, 9.17) is 4.74 Å². The number of amides is 1. The number of anilines is 1. The van der Waals surface area contributed by atoms with Gasteiger partial charge >= 0.3 is 0 Å². The first-order valence-corrected chi connectivity index (χ1v) is 10.8. The molecule has 27 heavy (non-hydrogen) atoms. The van der Waals surface area contributed by atoms with Crippen molar-refractivity contribution in [1.82, 2.24) is 5.32 Å². The third-order valence-electron chi connectivity index (χ3n) is 4.40. The molecule has 1 fully saturated rings. The van der Waals surface area contributed by atoms with E-state index < -0.39 is 9.84 Å². The van der Waals surface area contributed by atoms with Gasteiger partial charge in [-0.2, -0.15) is 0 Å². The van der Waals surface area contributed by atoms with Gasteiger partial charge in [-0.25, -0.2) is 8.42 Å². The Labute approximate surface area is 159 Å². The van der Waals surface area contributed by atoms with Crippen molar-refractivity contribution in [1.29, 1.82) is 0 Å². The highest BCUT2D eigenvalue weighted by molar-refractivity contribution is 7.91. The van der Waals surface area contributed by atoms with E-state index in [1.807, 2.05) is 42.5 Å². The van der Waals surface area contributed by atoms with Crippen LogP contribution in [0.4, 0.5) is 5.69 Å². The third-order valence-corrected chi connectivity index (χ3v) is 6.17. The fraction of sp³-hybridized carbons (Fsp3) is 0.350. The van der Waals surface area contributed by atoms with E-state index in [0.29, 0.717) is 31.7 Å². The molecule has 0 radical (unpaired) electrons. The minimum Gasteiger partial charge on any atom is -0.489 e. The molecule has 3 rings (SSSR count). The number of benzene rings is 2. The summed E-state index contributed by atoms with van der Waals surface area (Å²) in [7, 11) is -2.90. The average molecular weight is 388 g/mol. The lowest BCUT2D eigenvalue weighted by Crippen LogP contribution is -2.32. The van der Waals surface area contributed by atoms with Gasteiger partial charge in [0.25, 0.3) is 0 Å². The fourth-order valence-corrected chi connectivity index (χ4v) is 4.65. The number of nitrogens with one attached hydrogen (secondary N) is 2. The number of carbonyl (C=O) groups excluding carboxylic acids is 1. The summed E-state index contributed by atoms with van der Waals surface area (Å²) in [6.07, 6.45) is 0.914. The van der Waals surface area contributed by atoms with E-state index in [2.05, 4.69) is 10.6 Å². The lowest BCUT2D eigenvalue weighted by atomic mass is 10.2. The smallest absolute Gasteiger partial charge is 0.225 e. The molecule has 6 nitrogen and oxygen atoms in total. The van der Waals surface area contributed by atoms with Crippen LogP contribution in [-0.4, -0.2) is 38.4 Å². The molecular formula is C20H24N2O4S. The number of hydrogen-bond acceptors (Lipinski definition) is 5. The predicted molar refractivity (Wildman–Crippen MR) is 106 cm³/mol. The van der Waals surface area contributed by atoms with Gasteiger partial charge in [-0.3, -0.25) is 4.79 Å². The number of carbonyl (C=O) groups is 1. The van der Waals surface area contributed by atoms with Crippen molar-refractivity contribution < 1.29 is 17.9 Å². The van der Waals surface area contributed by atoms with Crippen LogP contribution in [0, 0.1) is 0 Å². The second-order valence-corrected chi connectivity index (χ2v) is 8.88. The maximum atomic E-state index is 12.0. The van der Waals surface area contributed by atoms with Gasteiger partial charge in [-0.1, -0.05) is 30.3 Å². The average Bonchev–Trinajstić information content (AvgIpc) is 3.01. The molecule has 0 bridgehead atoms. The van der Waals surface area contributed by atoms with E-state index in [-0.39, 0.29) is 23.5 Å². The van der Waals surface area contributed by atoms with Crippen LogP contribution in [0.3, 0.4) is 0 Å². The Bertz CT molecular complexity index is 851. The largest absolute Gasteiger partial charge is 0.489 e. The van der Waals surface area contributed by atoms with Gasteiger partial charge in [-0.05, 0) is 36.2 Å². The number of sulfone groups is 1. The molecular weight excluding hydrogens is 364 g/mol. The zero-order valence-electron chi connectivity index (χ0n) is 15.1. The highest BCUT2D eigenvalue weighted by Gasteiger charge is 2.27. The monoisotopic (exact) mass is 388 g/mol. The minimum absolute atomic E-state index is 0.0381. The maximum absolute atomic E-state index is 12.0. The van der Waals surface area contributed by atoms with Crippen LogP contribution in [0.5, 0.6) is 5.75 Å². The van der Waals surface area contributed by atoms with Crippen molar-refractivity contribution in [3.05, 3.63) is 60.2 Å². The predicted octanol–water partition coefficient (Wildman–Crippen LogP) is 2.37. The Morgan fingerprint density at radius 1 is 1.07 bits per heavy atom. The van der Waals surface area contributed by atoms with Crippen molar-refractivity contribution in [3.63, 3.8) is 0 Å². The number of ether oxygens (including phenoxy) is 1. The van der Waals surface area contributed by atoms with Gasteiger partial charge < -0.3 is 15.4 Å². The molecule has 0 saturated carbocycles. The van der Waals surface area contributed by atoms with E-state index in [9.17, 15) is 13.2 Å². The summed E-state index contributed by atoms with van der Waals surface area (Å²) >= 11 is 0. The maximum Gasteiger partial charge on any atom is 0.225 e. The summed E-state index contributed by atoms with van der Waals surface area (Å²) < 4.78 is 28.5. The van der Waals surface area contributed by atoms with Crippen LogP contribution in [-0.2, 0) is 21.2 Å². The molecule has 144 valence electrons. The van der Waals surface area contributed by atoms with Crippen molar-refractivity contribution in [2.75, 3.05) is 23.4 Å².